The first-order valence-corrected chi connectivity index (χ1v) is 4.92. The zero-order valence-corrected chi connectivity index (χ0v) is 8.33. The lowest BCUT2D eigenvalue weighted by atomic mass is 10.2. The first-order valence-electron chi connectivity index (χ1n) is 4.92. The van der Waals surface area contributed by atoms with E-state index < -0.39 is 11.9 Å². The van der Waals surface area contributed by atoms with Crippen molar-refractivity contribution in [2.45, 2.75) is 18.9 Å². The molecule has 2 aromatic heterocycles. The average molecular weight is 219 g/mol. The van der Waals surface area contributed by atoms with Gasteiger partial charge in [-0.3, -0.25) is 9.59 Å². The van der Waals surface area contributed by atoms with Gasteiger partial charge < -0.3 is 10.3 Å². The van der Waals surface area contributed by atoms with Crippen molar-refractivity contribution in [2.24, 2.45) is 5.73 Å². The number of hydrogen-bond donors (Lipinski definition) is 1. The molecule has 3 heterocycles. The molecule has 0 saturated carbocycles. The number of aryl methyl sites for hydroxylation is 1. The van der Waals surface area contributed by atoms with Crippen LogP contribution >= 0.6 is 0 Å². The number of nitrogens with two attached hydrogens (primary N) is 1. The first-order chi connectivity index (χ1) is 7.68. The lowest BCUT2D eigenvalue weighted by Crippen LogP contribution is -2.27. The quantitative estimate of drug-likeness (QED) is 0.656. The normalized spacial score (nSPS) is 18.9. The molecule has 0 spiro atoms. The Kier molecular flexibility index (Phi) is 1.65. The van der Waals surface area contributed by atoms with Crippen molar-refractivity contribution < 1.29 is 4.79 Å². The third-order valence-electron chi connectivity index (χ3n) is 2.87. The smallest absolute Gasteiger partial charge is 0.275 e. The highest BCUT2D eigenvalue weighted by Gasteiger charge is 2.28. The van der Waals surface area contributed by atoms with Gasteiger partial charge in [0, 0.05) is 11.8 Å². The molecule has 1 atom stereocenters. The van der Waals surface area contributed by atoms with Crippen molar-refractivity contribution >= 4 is 11.7 Å². The summed E-state index contributed by atoms with van der Waals surface area (Å²) in [5.74, 6) is -0.0314. The molecule has 16 heavy (non-hydrogen) atoms. The van der Waals surface area contributed by atoms with E-state index in [2.05, 4.69) is 10.1 Å². The van der Waals surface area contributed by atoms with E-state index in [1.807, 2.05) is 0 Å². The van der Waals surface area contributed by atoms with E-state index in [4.69, 9.17) is 5.73 Å². The third-order valence-corrected chi connectivity index (χ3v) is 2.87. The topological polar surface area (TPSA) is 95.3 Å². The maximum Gasteiger partial charge on any atom is 0.275 e. The molecule has 0 bridgehead atoms. The largest absolute Gasteiger partial charge is 0.368 e. The van der Waals surface area contributed by atoms with Crippen molar-refractivity contribution in [3.63, 3.8) is 0 Å². The van der Waals surface area contributed by atoms with Crippen molar-refractivity contribution in [3.8, 4) is 0 Å². The molecule has 7 nitrogen and oxygen atoms in total. The maximum absolute atomic E-state index is 11.6. The number of hydrogen-bond acceptors (Lipinski definition) is 4. The predicted molar refractivity (Wildman–Crippen MR) is 53.8 cm³/mol. The van der Waals surface area contributed by atoms with Gasteiger partial charge in [0.25, 0.3) is 5.56 Å². The van der Waals surface area contributed by atoms with Crippen molar-refractivity contribution in [2.75, 3.05) is 0 Å². The highest BCUT2D eigenvalue weighted by molar-refractivity contribution is 5.79. The minimum absolute atomic E-state index is 0.233. The fourth-order valence-corrected chi connectivity index (χ4v) is 2.17. The molecule has 2 aromatic rings. The van der Waals surface area contributed by atoms with E-state index in [0.29, 0.717) is 18.6 Å². The van der Waals surface area contributed by atoms with Gasteiger partial charge in [0.15, 0.2) is 0 Å². The number of amides is 1. The molecule has 7 heteroatoms. The summed E-state index contributed by atoms with van der Waals surface area (Å²) in [5, 5.41) is 3.81. The highest BCUT2D eigenvalue weighted by atomic mass is 16.1. The van der Waals surface area contributed by atoms with Gasteiger partial charge in [0.1, 0.15) is 12.4 Å². The molecule has 1 aliphatic rings. The Labute approximate surface area is 89.5 Å². The second-order valence-corrected chi connectivity index (χ2v) is 3.77. The SMILES string of the molecule is NC(=O)C1CCc2cc(=O)n3ncnc3n21. The Morgan fingerprint density at radius 2 is 2.38 bits per heavy atom. The number of rotatable bonds is 1. The van der Waals surface area contributed by atoms with Crippen LogP contribution in [0.5, 0.6) is 0 Å². The van der Waals surface area contributed by atoms with E-state index in [1.165, 1.54) is 16.9 Å². The molecule has 2 N–H and O–H groups in total. The Bertz CT molecular complexity index is 641. The van der Waals surface area contributed by atoms with Crippen LogP contribution in [0.3, 0.4) is 0 Å². The molecular weight excluding hydrogens is 210 g/mol. The number of aromatic nitrogens is 4. The number of primary amides is 1. The first kappa shape index (κ1) is 9.08. The van der Waals surface area contributed by atoms with Crippen LogP contribution in [0.4, 0.5) is 0 Å². The molecule has 0 radical (unpaired) electrons. The fraction of sp³-hybridized carbons (Fsp3) is 0.333. The summed E-state index contributed by atoms with van der Waals surface area (Å²) in [4.78, 5) is 26.9. The molecule has 0 aliphatic carbocycles. The van der Waals surface area contributed by atoms with E-state index >= 15 is 0 Å². The van der Waals surface area contributed by atoms with Crippen molar-refractivity contribution in [1.82, 2.24) is 19.2 Å². The van der Waals surface area contributed by atoms with Crippen LogP contribution in [-0.4, -0.2) is 25.1 Å². The summed E-state index contributed by atoms with van der Waals surface area (Å²) < 4.78 is 2.86. The third kappa shape index (κ3) is 1.02. The van der Waals surface area contributed by atoms with E-state index in [0.717, 1.165) is 5.69 Å². The summed E-state index contributed by atoms with van der Waals surface area (Å²) in [7, 11) is 0. The molecular formula is C9H9N5O2. The van der Waals surface area contributed by atoms with Gasteiger partial charge in [-0.2, -0.15) is 14.6 Å². The Morgan fingerprint density at radius 3 is 3.12 bits per heavy atom. The van der Waals surface area contributed by atoms with Crippen LogP contribution in [0.15, 0.2) is 17.2 Å². The van der Waals surface area contributed by atoms with Crippen LogP contribution in [-0.2, 0) is 11.2 Å². The number of carbonyl (C=O) groups excluding carboxylic acids is 1. The Morgan fingerprint density at radius 1 is 1.56 bits per heavy atom. The van der Waals surface area contributed by atoms with E-state index in [-0.39, 0.29) is 5.56 Å². The van der Waals surface area contributed by atoms with Crippen LogP contribution in [0, 0.1) is 0 Å². The maximum atomic E-state index is 11.6. The lowest BCUT2D eigenvalue weighted by molar-refractivity contribution is -0.120. The summed E-state index contributed by atoms with van der Waals surface area (Å²) >= 11 is 0. The molecule has 0 fully saturated rings. The van der Waals surface area contributed by atoms with Gasteiger partial charge in [-0.05, 0) is 12.8 Å². The van der Waals surface area contributed by atoms with Crippen molar-refractivity contribution in [3.05, 3.63) is 28.4 Å². The van der Waals surface area contributed by atoms with Gasteiger partial charge in [0.05, 0.1) is 0 Å². The Balaban J connectivity index is 2.39. The predicted octanol–water partition coefficient (Wildman–Crippen LogP) is -1.14. The second-order valence-electron chi connectivity index (χ2n) is 3.77. The van der Waals surface area contributed by atoms with Gasteiger partial charge in [0.2, 0.25) is 11.7 Å². The molecule has 0 saturated heterocycles. The van der Waals surface area contributed by atoms with Crippen LogP contribution in [0.2, 0.25) is 0 Å². The van der Waals surface area contributed by atoms with Crippen LogP contribution in [0.25, 0.3) is 5.78 Å². The monoisotopic (exact) mass is 219 g/mol. The summed E-state index contributed by atoms with van der Waals surface area (Å²) in [6.45, 7) is 0. The molecule has 0 aromatic carbocycles. The van der Waals surface area contributed by atoms with Gasteiger partial charge in [-0.1, -0.05) is 0 Å². The fourth-order valence-electron chi connectivity index (χ4n) is 2.17. The Hall–Kier alpha value is -2.18. The molecule has 1 amide bonds. The van der Waals surface area contributed by atoms with Crippen LogP contribution < -0.4 is 11.3 Å². The van der Waals surface area contributed by atoms with Gasteiger partial charge in [-0.25, -0.2) is 0 Å². The number of fused-ring (bicyclic) bond motifs is 3. The number of carbonyl (C=O) groups is 1. The van der Waals surface area contributed by atoms with Crippen LogP contribution in [0.1, 0.15) is 18.2 Å². The second kappa shape index (κ2) is 2.91. The van der Waals surface area contributed by atoms with Gasteiger partial charge >= 0.3 is 0 Å². The molecule has 1 unspecified atom stereocenters. The average Bonchev–Trinajstić information content (AvgIpc) is 2.80. The molecule has 1 aliphatic heterocycles. The molecule has 3 rings (SSSR count). The zero-order valence-electron chi connectivity index (χ0n) is 8.33. The van der Waals surface area contributed by atoms with Crippen molar-refractivity contribution in [1.29, 1.82) is 0 Å². The lowest BCUT2D eigenvalue weighted by Gasteiger charge is -2.11. The number of nitrogens with zero attached hydrogens (tertiary/aromatic N) is 4. The molecule has 82 valence electrons. The minimum Gasteiger partial charge on any atom is -0.368 e. The summed E-state index contributed by atoms with van der Waals surface area (Å²) in [5.41, 5.74) is 5.87. The zero-order chi connectivity index (χ0) is 11.3. The minimum atomic E-state index is -0.428. The summed E-state index contributed by atoms with van der Waals surface area (Å²) in [6.07, 6.45) is 2.56. The standard InChI is InChI=1S/C9H9N5O2/c10-8(16)6-2-1-5-3-7(15)14-9(13(5)6)11-4-12-14/h3-4,6H,1-2H2,(H2,10,16). The van der Waals surface area contributed by atoms with Gasteiger partial charge in [-0.15, -0.1) is 0 Å². The van der Waals surface area contributed by atoms with E-state index in [9.17, 15) is 9.59 Å². The van der Waals surface area contributed by atoms with E-state index in [1.54, 1.807) is 4.57 Å². The summed E-state index contributed by atoms with van der Waals surface area (Å²) in [6, 6.07) is 1.05. The highest BCUT2D eigenvalue weighted by Crippen LogP contribution is 2.25.